The van der Waals surface area contributed by atoms with Gasteiger partial charge in [-0.2, -0.15) is 5.10 Å². The van der Waals surface area contributed by atoms with Gasteiger partial charge in [0.05, 0.1) is 5.69 Å². The molecule has 5 heteroatoms. The summed E-state index contributed by atoms with van der Waals surface area (Å²) in [4.78, 5) is 9.27. The van der Waals surface area contributed by atoms with Crippen molar-refractivity contribution in [3.8, 4) is 0 Å². The molecule has 0 N–H and O–H groups in total. The molecule has 0 aliphatic carbocycles. The van der Waals surface area contributed by atoms with Gasteiger partial charge in [-0.1, -0.05) is 6.07 Å². The Bertz CT molecular complexity index is 627. The van der Waals surface area contributed by atoms with E-state index in [4.69, 9.17) is 0 Å². The van der Waals surface area contributed by atoms with Crippen molar-refractivity contribution in [1.82, 2.24) is 20.1 Å². The number of pyridine rings is 1. The van der Waals surface area contributed by atoms with Crippen molar-refractivity contribution in [1.29, 1.82) is 0 Å². The molecule has 4 rings (SSSR count). The van der Waals surface area contributed by atoms with E-state index in [1.807, 2.05) is 25.4 Å². The first-order valence-corrected chi connectivity index (χ1v) is 8.01. The van der Waals surface area contributed by atoms with Crippen molar-refractivity contribution >= 4 is 5.82 Å². The van der Waals surface area contributed by atoms with Gasteiger partial charge < -0.3 is 4.90 Å². The molecule has 2 atom stereocenters. The summed E-state index contributed by atoms with van der Waals surface area (Å²) in [5.41, 5.74) is 2.28. The van der Waals surface area contributed by atoms with Gasteiger partial charge in [0, 0.05) is 44.1 Å². The van der Waals surface area contributed by atoms with E-state index in [0.29, 0.717) is 12.1 Å². The minimum absolute atomic E-state index is 0.577. The summed E-state index contributed by atoms with van der Waals surface area (Å²) >= 11 is 0. The molecule has 4 heterocycles. The summed E-state index contributed by atoms with van der Waals surface area (Å²) in [6.45, 7) is 5.22. The Kier molecular flexibility index (Phi) is 3.50. The number of fused-ring (bicyclic) bond motifs is 1. The highest BCUT2D eigenvalue weighted by Crippen LogP contribution is 2.34. The second-order valence-electron chi connectivity index (χ2n) is 6.27. The summed E-state index contributed by atoms with van der Waals surface area (Å²) in [6, 6.07) is 9.55. The van der Waals surface area contributed by atoms with Crippen LogP contribution in [-0.2, 0) is 6.54 Å². The van der Waals surface area contributed by atoms with E-state index in [2.05, 4.69) is 43.2 Å². The van der Waals surface area contributed by atoms with Gasteiger partial charge in [-0.3, -0.25) is 9.88 Å². The fourth-order valence-corrected chi connectivity index (χ4v) is 3.83. The van der Waals surface area contributed by atoms with Crippen molar-refractivity contribution in [2.75, 3.05) is 18.0 Å². The first-order chi connectivity index (χ1) is 10.8. The van der Waals surface area contributed by atoms with Crippen LogP contribution in [0.15, 0.2) is 36.7 Å². The van der Waals surface area contributed by atoms with Crippen LogP contribution in [0, 0.1) is 6.92 Å². The molecule has 2 aliphatic rings. The van der Waals surface area contributed by atoms with Crippen LogP contribution >= 0.6 is 0 Å². The summed E-state index contributed by atoms with van der Waals surface area (Å²) < 4.78 is 0. The van der Waals surface area contributed by atoms with E-state index in [-0.39, 0.29) is 0 Å². The monoisotopic (exact) mass is 295 g/mol. The van der Waals surface area contributed by atoms with Crippen LogP contribution in [0.25, 0.3) is 0 Å². The molecule has 5 nitrogen and oxygen atoms in total. The molecule has 2 aliphatic heterocycles. The summed E-state index contributed by atoms with van der Waals surface area (Å²) in [5, 5.41) is 8.59. The summed E-state index contributed by atoms with van der Waals surface area (Å²) in [7, 11) is 0. The fourth-order valence-electron chi connectivity index (χ4n) is 3.83. The van der Waals surface area contributed by atoms with E-state index >= 15 is 0 Å². The SMILES string of the molecule is Cc1ccc(N2CC[C@@H]3[C@@H]2CCN3Cc2cccnc2)nn1. The van der Waals surface area contributed by atoms with Crippen molar-refractivity contribution in [3.63, 3.8) is 0 Å². The Labute approximate surface area is 131 Å². The van der Waals surface area contributed by atoms with Gasteiger partial charge in [-0.05, 0) is 43.5 Å². The van der Waals surface area contributed by atoms with Crippen LogP contribution in [0.4, 0.5) is 5.82 Å². The lowest BCUT2D eigenvalue weighted by Gasteiger charge is -2.26. The average Bonchev–Trinajstić information content (AvgIpc) is 3.13. The van der Waals surface area contributed by atoms with E-state index < -0.39 is 0 Å². The van der Waals surface area contributed by atoms with Gasteiger partial charge in [-0.25, -0.2) is 0 Å². The third-order valence-electron chi connectivity index (χ3n) is 4.88. The van der Waals surface area contributed by atoms with Crippen LogP contribution in [0.2, 0.25) is 0 Å². The number of likely N-dealkylation sites (tertiary alicyclic amines) is 1. The van der Waals surface area contributed by atoms with Crippen LogP contribution in [0.1, 0.15) is 24.1 Å². The van der Waals surface area contributed by atoms with Crippen molar-refractivity contribution in [2.45, 2.75) is 38.4 Å². The maximum absolute atomic E-state index is 4.38. The smallest absolute Gasteiger partial charge is 0.151 e. The average molecular weight is 295 g/mol. The molecule has 2 saturated heterocycles. The third kappa shape index (κ3) is 2.46. The van der Waals surface area contributed by atoms with Crippen molar-refractivity contribution < 1.29 is 0 Å². The number of rotatable bonds is 3. The van der Waals surface area contributed by atoms with E-state index in [1.54, 1.807) is 0 Å². The van der Waals surface area contributed by atoms with Gasteiger partial charge in [0.15, 0.2) is 5.82 Å². The Morgan fingerprint density at radius 2 is 2.00 bits per heavy atom. The third-order valence-corrected chi connectivity index (χ3v) is 4.88. The first-order valence-electron chi connectivity index (χ1n) is 8.01. The molecular weight excluding hydrogens is 274 g/mol. The van der Waals surface area contributed by atoms with Gasteiger partial charge in [0.2, 0.25) is 0 Å². The zero-order valence-electron chi connectivity index (χ0n) is 12.9. The number of anilines is 1. The summed E-state index contributed by atoms with van der Waals surface area (Å²) in [5.74, 6) is 1.03. The Hall–Kier alpha value is -2.01. The lowest BCUT2D eigenvalue weighted by atomic mass is 10.1. The standard InChI is InChI=1S/C17H21N5/c1-13-4-5-17(20-19-13)22-10-7-15-16(22)6-9-21(15)12-14-3-2-8-18-11-14/h2-5,8,11,15-16H,6-7,9-10,12H2,1H3/t15-,16+/m1/s1. The number of hydrogen-bond donors (Lipinski definition) is 0. The molecular formula is C17H21N5. The lowest BCUT2D eigenvalue weighted by Crippen LogP contribution is -2.36. The van der Waals surface area contributed by atoms with Crippen LogP contribution < -0.4 is 4.90 Å². The first kappa shape index (κ1) is 13.6. The topological polar surface area (TPSA) is 45.2 Å². The predicted octanol–water partition coefficient (Wildman–Crippen LogP) is 2.03. The minimum Gasteiger partial charge on any atom is -0.350 e. The Morgan fingerprint density at radius 1 is 1.09 bits per heavy atom. The number of nitrogens with zero attached hydrogens (tertiary/aromatic N) is 5. The van der Waals surface area contributed by atoms with E-state index in [9.17, 15) is 0 Å². The molecule has 0 amide bonds. The van der Waals surface area contributed by atoms with E-state index in [1.165, 1.54) is 18.4 Å². The van der Waals surface area contributed by atoms with Crippen LogP contribution in [-0.4, -0.2) is 45.3 Å². The largest absolute Gasteiger partial charge is 0.350 e. The number of hydrogen-bond acceptors (Lipinski definition) is 5. The van der Waals surface area contributed by atoms with Gasteiger partial charge in [0.1, 0.15) is 0 Å². The fraction of sp³-hybridized carbons (Fsp3) is 0.471. The Morgan fingerprint density at radius 3 is 2.77 bits per heavy atom. The highest BCUT2D eigenvalue weighted by Gasteiger charge is 2.42. The second kappa shape index (κ2) is 5.65. The predicted molar refractivity (Wildman–Crippen MR) is 85.6 cm³/mol. The molecule has 0 radical (unpaired) electrons. The number of aromatic nitrogens is 3. The van der Waals surface area contributed by atoms with Crippen LogP contribution in [0.5, 0.6) is 0 Å². The second-order valence-corrected chi connectivity index (χ2v) is 6.27. The maximum Gasteiger partial charge on any atom is 0.151 e. The highest BCUT2D eigenvalue weighted by atomic mass is 15.4. The Balaban J connectivity index is 1.48. The molecule has 0 spiro atoms. The molecule has 2 aromatic rings. The molecule has 2 aromatic heterocycles. The van der Waals surface area contributed by atoms with Gasteiger partial charge in [-0.15, -0.1) is 5.10 Å². The molecule has 0 saturated carbocycles. The van der Waals surface area contributed by atoms with Gasteiger partial charge >= 0.3 is 0 Å². The molecule has 0 aromatic carbocycles. The quantitative estimate of drug-likeness (QED) is 0.867. The zero-order valence-corrected chi connectivity index (χ0v) is 12.9. The molecule has 22 heavy (non-hydrogen) atoms. The molecule has 2 fully saturated rings. The maximum atomic E-state index is 4.38. The molecule has 114 valence electrons. The lowest BCUT2D eigenvalue weighted by molar-refractivity contribution is 0.245. The van der Waals surface area contributed by atoms with Crippen LogP contribution in [0.3, 0.4) is 0 Å². The van der Waals surface area contributed by atoms with Crippen molar-refractivity contribution in [3.05, 3.63) is 47.9 Å². The normalized spacial score (nSPS) is 24.7. The zero-order chi connectivity index (χ0) is 14.9. The number of aryl methyl sites for hydroxylation is 1. The van der Waals surface area contributed by atoms with E-state index in [0.717, 1.165) is 31.1 Å². The summed E-state index contributed by atoms with van der Waals surface area (Å²) in [6.07, 6.45) is 6.23. The van der Waals surface area contributed by atoms with Gasteiger partial charge in [0.25, 0.3) is 0 Å². The highest BCUT2D eigenvalue weighted by molar-refractivity contribution is 5.42. The molecule has 0 unspecified atom stereocenters. The minimum atomic E-state index is 0.577. The molecule has 0 bridgehead atoms. The van der Waals surface area contributed by atoms with Crippen molar-refractivity contribution in [2.24, 2.45) is 0 Å².